The van der Waals surface area contributed by atoms with Crippen molar-refractivity contribution in [1.82, 2.24) is 0 Å². The van der Waals surface area contributed by atoms with Crippen LogP contribution in [0.4, 0.5) is 37.7 Å². The lowest BCUT2D eigenvalue weighted by Gasteiger charge is -2.31. The Morgan fingerprint density at radius 2 is 1.00 bits per heavy atom. The summed E-state index contributed by atoms with van der Waals surface area (Å²) in [5.74, 6) is 0. The van der Waals surface area contributed by atoms with Crippen LogP contribution in [0.3, 0.4) is 0 Å². The summed E-state index contributed by atoms with van der Waals surface area (Å²) in [5, 5.41) is 0. The minimum atomic E-state index is -4.71. The van der Waals surface area contributed by atoms with Crippen molar-refractivity contribution >= 4 is 19.9 Å². The number of halogens is 6. The summed E-state index contributed by atoms with van der Waals surface area (Å²) in [6.45, 7) is -3.46. The third-order valence-corrected chi connectivity index (χ3v) is 4.33. The van der Waals surface area contributed by atoms with E-state index in [4.69, 9.17) is 9.05 Å². The van der Waals surface area contributed by atoms with E-state index in [0.29, 0.717) is 11.4 Å². The Bertz CT molecular complexity index is 608. The first-order valence-corrected chi connectivity index (χ1v) is 8.38. The van der Waals surface area contributed by atoms with Crippen LogP contribution in [0.15, 0.2) is 60.7 Å². The van der Waals surface area contributed by atoms with Gasteiger partial charge in [-0.2, -0.15) is 26.3 Å². The van der Waals surface area contributed by atoms with E-state index in [-0.39, 0.29) is 0 Å². The maximum Gasteiger partial charge on any atom is 0.412 e. The molecule has 0 saturated carbocycles. The molecule has 26 heavy (non-hydrogen) atoms. The molecule has 0 radical (unpaired) electrons. The van der Waals surface area contributed by atoms with E-state index in [1.54, 1.807) is 36.4 Å². The second kappa shape index (κ2) is 8.70. The van der Waals surface area contributed by atoms with Crippen LogP contribution in [0.25, 0.3) is 0 Å². The normalized spacial score (nSPS) is 12.4. The summed E-state index contributed by atoms with van der Waals surface area (Å²) < 4.78 is 85.9. The number of rotatable bonds is 7. The van der Waals surface area contributed by atoms with Gasteiger partial charge in [-0.05, 0) is 24.3 Å². The molecule has 142 valence electrons. The molecule has 0 atom stereocenters. The first-order chi connectivity index (χ1) is 12.2. The maximum absolute atomic E-state index is 12.5. The minimum Gasteiger partial charge on any atom is -0.308 e. The molecule has 0 aliphatic heterocycles. The van der Waals surface area contributed by atoms with Crippen LogP contribution in [0.2, 0.25) is 0 Å². The molecule has 0 heterocycles. The summed E-state index contributed by atoms with van der Waals surface area (Å²) in [4.78, 5) is 0. The fourth-order valence-corrected chi connectivity index (χ4v) is 3.35. The Hall–Kier alpha value is -1.83. The molecule has 2 aromatic rings. The topological polar surface area (TPSA) is 21.7 Å². The lowest BCUT2D eigenvalue weighted by molar-refractivity contribution is -0.162. The van der Waals surface area contributed by atoms with Gasteiger partial charge in [-0.3, -0.25) is 4.67 Å². The van der Waals surface area contributed by atoms with Crippen LogP contribution in [0, 0.1) is 0 Å². The van der Waals surface area contributed by atoms with E-state index >= 15 is 0 Å². The lowest BCUT2D eigenvalue weighted by atomic mass is 10.3. The quantitative estimate of drug-likeness (QED) is 0.410. The van der Waals surface area contributed by atoms with Gasteiger partial charge in [0.15, 0.2) is 13.2 Å². The van der Waals surface area contributed by atoms with E-state index < -0.39 is 34.1 Å². The van der Waals surface area contributed by atoms with Gasteiger partial charge in [0.2, 0.25) is 0 Å². The standard InChI is InChI=1S/C16H14F6NO2P/c17-15(18,19)11-24-26(25-12-16(20,21)22)23(13-7-3-1-4-8-13)14-9-5-2-6-10-14/h1-10H,11-12H2. The first kappa shape index (κ1) is 20.5. The summed E-state index contributed by atoms with van der Waals surface area (Å²) in [7, 11) is -2.71. The summed E-state index contributed by atoms with van der Waals surface area (Å²) in [6.07, 6.45) is -9.41. The van der Waals surface area contributed by atoms with Gasteiger partial charge < -0.3 is 9.05 Å². The third-order valence-electron chi connectivity index (χ3n) is 2.84. The fraction of sp³-hybridized carbons (Fsp3) is 0.250. The number of anilines is 2. The highest BCUT2D eigenvalue weighted by atomic mass is 31.2. The van der Waals surface area contributed by atoms with Gasteiger partial charge in [-0.1, -0.05) is 36.4 Å². The summed E-state index contributed by atoms with van der Waals surface area (Å²) in [5.41, 5.74) is 0.684. The number of alkyl halides is 6. The van der Waals surface area contributed by atoms with Crippen molar-refractivity contribution in [2.45, 2.75) is 12.4 Å². The molecule has 0 aliphatic carbocycles. The van der Waals surface area contributed by atoms with Crippen LogP contribution in [-0.4, -0.2) is 25.6 Å². The molecule has 0 N–H and O–H groups in total. The zero-order valence-electron chi connectivity index (χ0n) is 13.2. The van der Waals surface area contributed by atoms with Crippen molar-refractivity contribution in [3.63, 3.8) is 0 Å². The van der Waals surface area contributed by atoms with E-state index in [2.05, 4.69) is 0 Å². The van der Waals surface area contributed by atoms with Gasteiger partial charge in [-0.25, -0.2) is 0 Å². The average Bonchev–Trinajstić information content (AvgIpc) is 2.57. The molecule has 0 unspecified atom stereocenters. The van der Waals surface area contributed by atoms with Crippen LogP contribution in [-0.2, 0) is 9.05 Å². The van der Waals surface area contributed by atoms with Crippen LogP contribution in [0.5, 0.6) is 0 Å². The Kier molecular flexibility index (Phi) is 6.86. The zero-order valence-corrected chi connectivity index (χ0v) is 14.1. The Labute approximate surface area is 147 Å². The van der Waals surface area contributed by atoms with Crippen molar-refractivity contribution in [2.24, 2.45) is 0 Å². The van der Waals surface area contributed by atoms with Crippen molar-refractivity contribution in [2.75, 3.05) is 17.9 Å². The SMILES string of the molecule is FC(F)(F)COP(OCC(F)(F)F)N(c1ccccc1)c1ccccc1. The average molecular weight is 397 g/mol. The van der Waals surface area contributed by atoms with Gasteiger partial charge in [0.05, 0.1) is 0 Å². The van der Waals surface area contributed by atoms with Crippen LogP contribution in [0.1, 0.15) is 0 Å². The lowest BCUT2D eigenvalue weighted by Crippen LogP contribution is -2.23. The number of para-hydroxylation sites is 2. The molecule has 2 aromatic carbocycles. The molecular weight excluding hydrogens is 383 g/mol. The maximum atomic E-state index is 12.5. The molecule has 3 nitrogen and oxygen atoms in total. The smallest absolute Gasteiger partial charge is 0.308 e. The molecule has 0 saturated heterocycles. The third kappa shape index (κ3) is 6.82. The number of benzene rings is 2. The van der Waals surface area contributed by atoms with E-state index in [1.165, 1.54) is 28.9 Å². The molecule has 0 bridgehead atoms. The molecule has 0 aromatic heterocycles. The highest BCUT2D eigenvalue weighted by Gasteiger charge is 2.36. The van der Waals surface area contributed by atoms with Crippen molar-refractivity contribution in [1.29, 1.82) is 0 Å². The second-order valence-corrected chi connectivity index (χ2v) is 6.39. The van der Waals surface area contributed by atoms with Gasteiger partial charge in [0.25, 0.3) is 8.53 Å². The summed E-state index contributed by atoms with van der Waals surface area (Å²) in [6, 6.07) is 15.9. The molecule has 0 aliphatic rings. The number of hydrogen-bond acceptors (Lipinski definition) is 3. The molecular formula is C16H14F6NO2P. The second-order valence-electron chi connectivity index (χ2n) is 5.00. The van der Waals surface area contributed by atoms with Gasteiger partial charge in [-0.15, -0.1) is 0 Å². The number of nitrogens with zero attached hydrogens (tertiary/aromatic N) is 1. The van der Waals surface area contributed by atoms with Gasteiger partial charge in [0.1, 0.15) is 0 Å². The van der Waals surface area contributed by atoms with E-state index in [0.717, 1.165) is 0 Å². The van der Waals surface area contributed by atoms with Gasteiger partial charge >= 0.3 is 12.4 Å². The van der Waals surface area contributed by atoms with Crippen molar-refractivity contribution in [3.05, 3.63) is 60.7 Å². The molecule has 2 rings (SSSR count). The largest absolute Gasteiger partial charge is 0.412 e. The Balaban J connectivity index is 2.36. The molecule has 0 fully saturated rings. The fourth-order valence-electron chi connectivity index (χ4n) is 1.89. The van der Waals surface area contributed by atoms with Gasteiger partial charge in [0, 0.05) is 11.4 Å². The first-order valence-electron chi connectivity index (χ1n) is 7.25. The minimum absolute atomic E-state index is 0.342. The number of hydrogen-bond donors (Lipinski definition) is 0. The van der Waals surface area contributed by atoms with Crippen LogP contribution >= 0.6 is 8.53 Å². The summed E-state index contributed by atoms with van der Waals surface area (Å²) >= 11 is 0. The zero-order chi connectivity index (χ0) is 19.2. The Morgan fingerprint density at radius 1 is 0.654 bits per heavy atom. The predicted octanol–water partition coefficient (Wildman–Crippen LogP) is 6.21. The monoisotopic (exact) mass is 397 g/mol. The molecule has 10 heteroatoms. The Morgan fingerprint density at radius 3 is 1.31 bits per heavy atom. The molecule has 0 amide bonds. The predicted molar refractivity (Wildman–Crippen MR) is 86.0 cm³/mol. The van der Waals surface area contributed by atoms with Crippen molar-refractivity contribution in [3.8, 4) is 0 Å². The highest BCUT2D eigenvalue weighted by molar-refractivity contribution is 7.49. The highest BCUT2D eigenvalue weighted by Crippen LogP contribution is 2.52. The van der Waals surface area contributed by atoms with E-state index in [9.17, 15) is 26.3 Å². The molecule has 0 spiro atoms. The van der Waals surface area contributed by atoms with E-state index in [1.807, 2.05) is 0 Å². The van der Waals surface area contributed by atoms with Crippen LogP contribution < -0.4 is 4.67 Å². The van der Waals surface area contributed by atoms with Crippen molar-refractivity contribution < 1.29 is 35.4 Å².